The third kappa shape index (κ3) is 15.9. The number of nitrogens with two attached hydrogens (primary N) is 1. The number of carbonyl (C=O) groups is 1. The number of unbranched alkanes of at least 4 members (excludes halogenated alkanes) is 1. The molecule has 0 rings (SSSR count). The normalized spacial score (nSPS) is 11.5. The van der Waals surface area contributed by atoms with Crippen LogP contribution in [0.15, 0.2) is 0 Å². The van der Waals surface area contributed by atoms with Gasteiger partial charge in [0.2, 0.25) is 10.0 Å². The van der Waals surface area contributed by atoms with Crippen LogP contribution < -0.4 is 5.14 Å². The van der Waals surface area contributed by atoms with E-state index in [-0.39, 0.29) is 5.75 Å². The number of primary sulfonamides is 1. The highest BCUT2D eigenvalue weighted by molar-refractivity contribution is 7.89. The number of rotatable bonds is 3. The standard InChI is InChI=1S/C4H11NO2S.C2HF3O2/c1-2-3-4-8(5,6)7;3-2(4,5)1(6)7/h2-4H2,1H3,(H2,5,6,7);(H,6,7). The van der Waals surface area contributed by atoms with Gasteiger partial charge in [0.25, 0.3) is 0 Å². The molecule has 0 spiro atoms. The van der Waals surface area contributed by atoms with Gasteiger partial charge in [-0.1, -0.05) is 13.3 Å². The van der Waals surface area contributed by atoms with E-state index in [0.717, 1.165) is 6.42 Å². The first-order chi connectivity index (χ1) is 6.50. The number of carboxylic acids is 1. The lowest BCUT2D eigenvalue weighted by Crippen LogP contribution is -2.21. The first kappa shape index (κ1) is 16.6. The quantitative estimate of drug-likeness (QED) is 0.771. The molecule has 0 aromatic heterocycles. The Bertz CT molecular complexity index is 285. The van der Waals surface area contributed by atoms with Crippen LogP contribution >= 0.6 is 0 Å². The highest BCUT2D eigenvalue weighted by Gasteiger charge is 2.38. The highest BCUT2D eigenvalue weighted by atomic mass is 32.2. The Morgan fingerprint density at radius 2 is 1.73 bits per heavy atom. The van der Waals surface area contributed by atoms with Crippen molar-refractivity contribution in [2.45, 2.75) is 25.9 Å². The maximum atomic E-state index is 10.6. The van der Waals surface area contributed by atoms with Crippen molar-refractivity contribution >= 4 is 16.0 Å². The molecule has 0 fully saturated rings. The second kappa shape index (κ2) is 6.62. The van der Waals surface area contributed by atoms with Gasteiger partial charge in [-0.25, -0.2) is 18.4 Å². The number of alkyl halides is 3. The molecule has 5 nitrogen and oxygen atoms in total. The molecule has 0 radical (unpaired) electrons. The van der Waals surface area contributed by atoms with Crippen molar-refractivity contribution in [3.63, 3.8) is 0 Å². The highest BCUT2D eigenvalue weighted by Crippen LogP contribution is 2.13. The molecule has 0 aromatic rings. The van der Waals surface area contributed by atoms with Crippen molar-refractivity contribution in [3.8, 4) is 0 Å². The Kier molecular flexibility index (Phi) is 7.32. The molecule has 9 heteroatoms. The molecule has 0 aliphatic rings. The summed E-state index contributed by atoms with van der Waals surface area (Å²) < 4.78 is 52.1. The van der Waals surface area contributed by atoms with Gasteiger partial charge in [-0.2, -0.15) is 13.2 Å². The molecular formula is C6H12F3NO4S. The van der Waals surface area contributed by atoms with Crippen molar-refractivity contribution in [2.24, 2.45) is 5.14 Å². The fourth-order valence-corrected chi connectivity index (χ4v) is 1.04. The Labute approximate surface area is 85.1 Å². The van der Waals surface area contributed by atoms with E-state index in [1.807, 2.05) is 6.92 Å². The van der Waals surface area contributed by atoms with Crippen molar-refractivity contribution in [2.75, 3.05) is 5.75 Å². The van der Waals surface area contributed by atoms with Gasteiger partial charge in [-0.15, -0.1) is 0 Å². The summed E-state index contributed by atoms with van der Waals surface area (Å²) in [5, 5.41) is 11.8. The smallest absolute Gasteiger partial charge is 0.475 e. The molecule has 0 amide bonds. The van der Waals surface area contributed by atoms with Gasteiger partial charge in [-0.3, -0.25) is 0 Å². The van der Waals surface area contributed by atoms with Crippen LogP contribution in [0.25, 0.3) is 0 Å². The van der Waals surface area contributed by atoms with Crippen LogP contribution in [0.4, 0.5) is 13.2 Å². The maximum absolute atomic E-state index is 10.6. The van der Waals surface area contributed by atoms with Crippen LogP contribution in [0.2, 0.25) is 0 Å². The average Bonchev–Trinajstić information content (AvgIpc) is 1.98. The van der Waals surface area contributed by atoms with E-state index in [1.165, 1.54) is 0 Å². The first-order valence-corrected chi connectivity index (χ1v) is 5.52. The summed E-state index contributed by atoms with van der Waals surface area (Å²) in [6, 6.07) is 0. The van der Waals surface area contributed by atoms with Crippen molar-refractivity contribution in [1.29, 1.82) is 0 Å². The fraction of sp³-hybridized carbons (Fsp3) is 0.833. The predicted molar refractivity (Wildman–Crippen MR) is 46.6 cm³/mol. The second-order valence-electron chi connectivity index (χ2n) is 2.52. The van der Waals surface area contributed by atoms with Crippen LogP contribution in [0.5, 0.6) is 0 Å². The number of sulfonamides is 1. The minimum Gasteiger partial charge on any atom is -0.475 e. The summed E-state index contributed by atoms with van der Waals surface area (Å²) in [6.45, 7) is 1.92. The Hall–Kier alpha value is -0.830. The van der Waals surface area contributed by atoms with E-state index >= 15 is 0 Å². The molecule has 0 saturated carbocycles. The lowest BCUT2D eigenvalue weighted by Gasteiger charge is -1.93. The largest absolute Gasteiger partial charge is 0.490 e. The molecule has 92 valence electrons. The lowest BCUT2D eigenvalue weighted by molar-refractivity contribution is -0.192. The lowest BCUT2D eigenvalue weighted by atomic mass is 10.4. The number of hydrogen-bond acceptors (Lipinski definition) is 3. The van der Waals surface area contributed by atoms with Gasteiger partial charge >= 0.3 is 12.1 Å². The number of halogens is 3. The summed E-state index contributed by atoms with van der Waals surface area (Å²) in [5.74, 6) is -2.64. The second-order valence-corrected chi connectivity index (χ2v) is 4.26. The number of carboxylic acid groups (broad SMARTS) is 1. The van der Waals surface area contributed by atoms with Crippen molar-refractivity contribution in [1.82, 2.24) is 0 Å². The van der Waals surface area contributed by atoms with E-state index in [2.05, 4.69) is 0 Å². The fourth-order valence-electron chi connectivity index (χ4n) is 0.346. The Morgan fingerprint density at radius 3 is 1.80 bits per heavy atom. The van der Waals surface area contributed by atoms with E-state index in [9.17, 15) is 21.6 Å². The van der Waals surface area contributed by atoms with Crippen molar-refractivity contribution in [3.05, 3.63) is 0 Å². The van der Waals surface area contributed by atoms with Crippen LogP contribution in [-0.2, 0) is 14.8 Å². The van der Waals surface area contributed by atoms with E-state index < -0.39 is 22.2 Å². The SMILES string of the molecule is CCCCS(N)(=O)=O.O=C(O)C(F)(F)F. The van der Waals surface area contributed by atoms with Gasteiger partial charge in [0.1, 0.15) is 0 Å². The zero-order valence-corrected chi connectivity index (χ0v) is 8.73. The molecule has 0 heterocycles. The molecule has 0 bridgehead atoms. The zero-order chi connectivity index (χ0) is 12.7. The van der Waals surface area contributed by atoms with Crippen molar-refractivity contribution < 1.29 is 31.5 Å². The van der Waals surface area contributed by atoms with Crippen LogP contribution in [-0.4, -0.2) is 31.4 Å². The molecule has 3 N–H and O–H groups in total. The third-order valence-electron chi connectivity index (χ3n) is 1.02. The molecule has 0 aromatic carbocycles. The predicted octanol–water partition coefficient (Wildman–Crippen LogP) is 0.708. The van der Waals surface area contributed by atoms with Crippen LogP contribution in [0.3, 0.4) is 0 Å². The van der Waals surface area contributed by atoms with Gasteiger partial charge in [0.15, 0.2) is 0 Å². The van der Waals surface area contributed by atoms with Crippen LogP contribution in [0.1, 0.15) is 19.8 Å². The maximum Gasteiger partial charge on any atom is 0.490 e. The molecule has 0 unspecified atom stereocenters. The molecule has 0 aliphatic heterocycles. The summed E-state index contributed by atoms with van der Waals surface area (Å²) in [5.41, 5.74) is 0. The minimum atomic E-state index is -5.08. The number of hydrogen-bond donors (Lipinski definition) is 2. The topological polar surface area (TPSA) is 97.5 Å². The summed E-state index contributed by atoms with van der Waals surface area (Å²) in [4.78, 5) is 8.90. The zero-order valence-electron chi connectivity index (χ0n) is 7.91. The molecule has 0 atom stereocenters. The Morgan fingerprint density at radius 1 is 1.40 bits per heavy atom. The first-order valence-electron chi connectivity index (χ1n) is 3.81. The van der Waals surface area contributed by atoms with E-state index in [4.69, 9.17) is 15.0 Å². The summed E-state index contributed by atoms with van der Waals surface area (Å²) in [6.07, 6.45) is -3.55. The van der Waals surface area contributed by atoms with Gasteiger partial charge in [0, 0.05) is 0 Å². The number of aliphatic carboxylic acids is 1. The molecule has 15 heavy (non-hydrogen) atoms. The van der Waals surface area contributed by atoms with Gasteiger partial charge in [-0.05, 0) is 6.42 Å². The monoisotopic (exact) mass is 251 g/mol. The van der Waals surface area contributed by atoms with E-state index in [1.54, 1.807) is 0 Å². The Balaban J connectivity index is 0. The molecule has 0 saturated heterocycles. The molecule has 0 aliphatic carbocycles. The van der Waals surface area contributed by atoms with Crippen LogP contribution in [0, 0.1) is 0 Å². The third-order valence-corrected chi connectivity index (χ3v) is 1.88. The minimum absolute atomic E-state index is 0.115. The summed E-state index contributed by atoms with van der Waals surface area (Å²) >= 11 is 0. The van der Waals surface area contributed by atoms with E-state index in [0.29, 0.717) is 6.42 Å². The average molecular weight is 251 g/mol. The summed E-state index contributed by atoms with van der Waals surface area (Å²) in [7, 11) is -3.19. The van der Waals surface area contributed by atoms with Gasteiger partial charge in [0.05, 0.1) is 5.75 Å². The van der Waals surface area contributed by atoms with Gasteiger partial charge < -0.3 is 5.11 Å². The molecular weight excluding hydrogens is 239 g/mol.